The molecular weight excluding hydrogens is 282 g/mol. The largest absolute Gasteiger partial charge is 0.504 e. The molecule has 5 nitrogen and oxygen atoms in total. The Morgan fingerprint density at radius 1 is 0.864 bits per heavy atom. The van der Waals surface area contributed by atoms with Crippen molar-refractivity contribution in [3.63, 3.8) is 0 Å². The van der Waals surface area contributed by atoms with Gasteiger partial charge in [0.15, 0.2) is 23.0 Å². The summed E-state index contributed by atoms with van der Waals surface area (Å²) >= 11 is 0. The van der Waals surface area contributed by atoms with Gasteiger partial charge in [0.2, 0.25) is 0 Å². The van der Waals surface area contributed by atoms with Crippen LogP contribution in [0.4, 0.5) is 0 Å². The fraction of sp³-hybridized carbons (Fsp3) is 0.294. The van der Waals surface area contributed by atoms with E-state index >= 15 is 0 Å². The van der Waals surface area contributed by atoms with Gasteiger partial charge >= 0.3 is 0 Å². The van der Waals surface area contributed by atoms with Crippen LogP contribution < -0.4 is 14.8 Å². The Morgan fingerprint density at radius 3 is 2.27 bits per heavy atom. The summed E-state index contributed by atoms with van der Waals surface area (Å²) in [6.07, 6.45) is 0.852. The van der Waals surface area contributed by atoms with Gasteiger partial charge in [-0.1, -0.05) is 12.1 Å². The molecule has 0 spiro atoms. The molecular formula is C17H21NO4. The Bertz CT molecular complexity index is 628. The summed E-state index contributed by atoms with van der Waals surface area (Å²) in [4.78, 5) is 0. The summed E-state index contributed by atoms with van der Waals surface area (Å²) in [6, 6.07) is 10.7. The van der Waals surface area contributed by atoms with Crippen molar-refractivity contribution in [3.8, 4) is 23.0 Å². The standard InChI is InChI=1S/C17H21NO4/c1-21-16-6-4-12(10-17(16)22-2)7-8-18-11-13-3-5-14(19)15(20)9-13/h3-6,9-10,18-20H,7-8,11H2,1-2H3. The van der Waals surface area contributed by atoms with E-state index in [4.69, 9.17) is 9.47 Å². The van der Waals surface area contributed by atoms with E-state index in [0.29, 0.717) is 6.54 Å². The molecule has 0 aliphatic rings. The SMILES string of the molecule is COc1ccc(CCNCc2ccc(O)c(O)c2)cc1OC. The van der Waals surface area contributed by atoms with E-state index in [0.717, 1.165) is 35.6 Å². The molecule has 5 heteroatoms. The normalized spacial score (nSPS) is 10.5. The lowest BCUT2D eigenvalue weighted by molar-refractivity contribution is 0.354. The Morgan fingerprint density at radius 2 is 1.59 bits per heavy atom. The van der Waals surface area contributed by atoms with Gasteiger partial charge in [-0.15, -0.1) is 0 Å². The summed E-state index contributed by atoms with van der Waals surface area (Å²) in [7, 11) is 3.24. The maximum Gasteiger partial charge on any atom is 0.160 e. The van der Waals surface area contributed by atoms with E-state index in [9.17, 15) is 10.2 Å². The lowest BCUT2D eigenvalue weighted by atomic mass is 10.1. The van der Waals surface area contributed by atoms with E-state index in [1.807, 2.05) is 18.2 Å². The van der Waals surface area contributed by atoms with E-state index < -0.39 is 0 Å². The zero-order valence-corrected chi connectivity index (χ0v) is 12.8. The Kier molecular flexibility index (Phi) is 5.49. The zero-order valence-electron chi connectivity index (χ0n) is 12.8. The highest BCUT2D eigenvalue weighted by Gasteiger charge is 2.04. The number of hydrogen-bond donors (Lipinski definition) is 3. The van der Waals surface area contributed by atoms with Gasteiger partial charge in [-0.25, -0.2) is 0 Å². The van der Waals surface area contributed by atoms with Crippen molar-refractivity contribution in [1.29, 1.82) is 0 Å². The van der Waals surface area contributed by atoms with Crippen LogP contribution >= 0.6 is 0 Å². The molecule has 2 aromatic carbocycles. The minimum absolute atomic E-state index is 0.0980. The van der Waals surface area contributed by atoms with Gasteiger partial charge in [0.1, 0.15) is 0 Å². The van der Waals surface area contributed by atoms with Crippen LogP contribution in [-0.4, -0.2) is 31.0 Å². The van der Waals surface area contributed by atoms with Crippen LogP contribution in [0.1, 0.15) is 11.1 Å². The molecule has 0 heterocycles. The minimum atomic E-state index is -0.103. The molecule has 22 heavy (non-hydrogen) atoms. The molecule has 0 atom stereocenters. The number of phenolic OH excluding ortho intramolecular Hbond substituents is 2. The van der Waals surface area contributed by atoms with Crippen molar-refractivity contribution in [3.05, 3.63) is 47.5 Å². The molecule has 0 bridgehead atoms. The maximum atomic E-state index is 9.44. The molecule has 0 fully saturated rings. The number of benzene rings is 2. The van der Waals surface area contributed by atoms with Gasteiger partial charge in [0.25, 0.3) is 0 Å². The highest BCUT2D eigenvalue weighted by molar-refractivity contribution is 5.43. The van der Waals surface area contributed by atoms with Gasteiger partial charge in [-0.05, 0) is 48.4 Å². The van der Waals surface area contributed by atoms with Crippen LogP contribution in [0.25, 0.3) is 0 Å². The van der Waals surface area contributed by atoms with Crippen molar-refractivity contribution in [2.75, 3.05) is 20.8 Å². The molecule has 0 amide bonds. The molecule has 0 radical (unpaired) electrons. The molecule has 0 aromatic heterocycles. The molecule has 2 rings (SSSR count). The molecule has 3 N–H and O–H groups in total. The zero-order chi connectivity index (χ0) is 15.9. The smallest absolute Gasteiger partial charge is 0.160 e. The molecule has 0 saturated carbocycles. The number of rotatable bonds is 7. The molecule has 0 saturated heterocycles. The van der Waals surface area contributed by atoms with Crippen LogP contribution in [0, 0.1) is 0 Å². The fourth-order valence-corrected chi connectivity index (χ4v) is 2.18. The van der Waals surface area contributed by atoms with Crippen LogP contribution in [0.2, 0.25) is 0 Å². The number of phenols is 2. The third kappa shape index (κ3) is 4.05. The second-order valence-corrected chi connectivity index (χ2v) is 4.94. The van der Waals surface area contributed by atoms with Gasteiger partial charge in [0.05, 0.1) is 14.2 Å². The summed E-state index contributed by atoms with van der Waals surface area (Å²) in [5, 5.41) is 22.0. The number of ether oxygens (including phenoxy) is 2. The maximum absolute atomic E-state index is 9.44. The quantitative estimate of drug-likeness (QED) is 0.541. The topological polar surface area (TPSA) is 71.0 Å². The van der Waals surface area contributed by atoms with Crippen LogP contribution in [0.15, 0.2) is 36.4 Å². The monoisotopic (exact) mass is 303 g/mol. The number of hydrogen-bond acceptors (Lipinski definition) is 5. The second-order valence-electron chi connectivity index (χ2n) is 4.94. The first kappa shape index (κ1) is 16.0. The Hall–Kier alpha value is -2.40. The van der Waals surface area contributed by atoms with Crippen LogP contribution in [-0.2, 0) is 13.0 Å². The minimum Gasteiger partial charge on any atom is -0.504 e. The fourth-order valence-electron chi connectivity index (χ4n) is 2.18. The van der Waals surface area contributed by atoms with Crippen molar-refractivity contribution in [1.82, 2.24) is 5.32 Å². The molecule has 2 aromatic rings. The Labute approximate surface area is 130 Å². The number of aromatic hydroxyl groups is 2. The molecule has 0 aliphatic carbocycles. The van der Waals surface area contributed by atoms with Crippen molar-refractivity contribution >= 4 is 0 Å². The number of nitrogens with one attached hydrogen (secondary N) is 1. The second kappa shape index (κ2) is 7.56. The third-order valence-electron chi connectivity index (χ3n) is 3.41. The van der Waals surface area contributed by atoms with Gasteiger partial charge in [-0.2, -0.15) is 0 Å². The highest BCUT2D eigenvalue weighted by atomic mass is 16.5. The van der Waals surface area contributed by atoms with E-state index in [2.05, 4.69) is 5.32 Å². The first-order valence-corrected chi connectivity index (χ1v) is 7.06. The summed E-state index contributed by atoms with van der Waals surface area (Å²) in [5.41, 5.74) is 2.07. The van der Waals surface area contributed by atoms with Gasteiger partial charge in [0, 0.05) is 6.54 Å². The molecule has 0 aliphatic heterocycles. The lowest BCUT2D eigenvalue weighted by Gasteiger charge is -2.10. The average Bonchev–Trinajstić information content (AvgIpc) is 2.54. The number of methoxy groups -OCH3 is 2. The molecule has 0 unspecified atom stereocenters. The van der Waals surface area contributed by atoms with Crippen molar-refractivity contribution in [2.45, 2.75) is 13.0 Å². The predicted molar refractivity (Wildman–Crippen MR) is 84.7 cm³/mol. The van der Waals surface area contributed by atoms with Crippen molar-refractivity contribution < 1.29 is 19.7 Å². The van der Waals surface area contributed by atoms with Crippen molar-refractivity contribution in [2.24, 2.45) is 0 Å². The third-order valence-corrected chi connectivity index (χ3v) is 3.41. The van der Waals surface area contributed by atoms with Crippen LogP contribution in [0.3, 0.4) is 0 Å². The van der Waals surface area contributed by atoms with Gasteiger partial charge in [-0.3, -0.25) is 0 Å². The molecule has 118 valence electrons. The first-order valence-electron chi connectivity index (χ1n) is 7.06. The highest BCUT2D eigenvalue weighted by Crippen LogP contribution is 2.27. The lowest BCUT2D eigenvalue weighted by Crippen LogP contribution is -2.16. The van der Waals surface area contributed by atoms with E-state index in [1.165, 1.54) is 6.07 Å². The summed E-state index contributed by atoms with van der Waals surface area (Å²) in [6.45, 7) is 1.41. The summed E-state index contributed by atoms with van der Waals surface area (Å²) < 4.78 is 10.5. The predicted octanol–water partition coefficient (Wildman–Crippen LogP) is 2.45. The first-order chi connectivity index (χ1) is 10.6. The average molecular weight is 303 g/mol. The van der Waals surface area contributed by atoms with E-state index in [-0.39, 0.29) is 11.5 Å². The van der Waals surface area contributed by atoms with E-state index in [1.54, 1.807) is 26.4 Å². The Balaban J connectivity index is 1.84. The van der Waals surface area contributed by atoms with Gasteiger partial charge < -0.3 is 25.0 Å². The summed E-state index contributed by atoms with van der Waals surface area (Å²) in [5.74, 6) is 1.25. The van der Waals surface area contributed by atoms with Crippen LogP contribution in [0.5, 0.6) is 23.0 Å².